The predicted octanol–water partition coefficient (Wildman–Crippen LogP) is 24.0. The molecule has 4 nitrogen and oxygen atoms in total. The Morgan fingerprint density at radius 2 is 0.838 bits per heavy atom. The smallest absolute Gasteiger partial charge is 0.306 e. The van der Waals surface area contributed by atoms with E-state index in [1.165, 1.54) is 206 Å². The van der Waals surface area contributed by atoms with Gasteiger partial charge in [0.15, 0.2) is 0 Å². The molecule has 0 N–H and O–H groups in total. The normalized spacial score (nSPS) is 19.4. The second kappa shape index (κ2) is 44.6. The van der Waals surface area contributed by atoms with Crippen molar-refractivity contribution in [2.45, 2.75) is 320 Å². The number of carbonyl (C=O) groups is 2. The molecule has 452 valence electrons. The standard InChI is InChI=1S/C76H124O4/c1-13-15-17-19-21-23-25-27-29-31-33-35-37-39-41-53-73(77)79-69-59-67(7)71(75(9,10)61-69)57-55-65(5)51-45-49-63(3)47-43-44-48-64(4)50-46-52-66(6)56-58-72-68(8)60-70(62-76(72,11)12)80-74(78)54-42-40-38-36-34-32-30-28-26-24-22-20-18-16-14-2/h43-52,55-59,69-71H,13-42,53-54,60-62H2,1-12H3/b44-43+,49-45+,50-46+,57-55+,58-56+,63-47+,64-48+,65-51+,66-52+. The zero-order valence-electron chi connectivity index (χ0n) is 54.3. The van der Waals surface area contributed by atoms with Crippen molar-refractivity contribution >= 4 is 11.9 Å². The summed E-state index contributed by atoms with van der Waals surface area (Å²) in [5, 5.41) is 0. The number of hydrogen-bond donors (Lipinski definition) is 0. The topological polar surface area (TPSA) is 52.6 Å². The summed E-state index contributed by atoms with van der Waals surface area (Å²) >= 11 is 0. The molecule has 0 aromatic rings. The minimum Gasteiger partial charge on any atom is -0.462 e. The Kier molecular flexibility index (Phi) is 40.3. The van der Waals surface area contributed by atoms with Gasteiger partial charge in [-0.3, -0.25) is 9.59 Å². The number of allylic oxidation sites excluding steroid dienone is 20. The van der Waals surface area contributed by atoms with Crippen molar-refractivity contribution in [3.63, 3.8) is 0 Å². The van der Waals surface area contributed by atoms with Crippen molar-refractivity contribution in [2.24, 2.45) is 16.7 Å². The molecule has 2 rings (SSSR count). The van der Waals surface area contributed by atoms with Crippen molar-refractivity contribution in [3.8, 4) is 0 Å². The van der Waals surface area contributed by atoms with Gasteiger partial charge in [0.1, 0.15) is 12.2 Å². The summed E-state index contributed by atoms with van der Waals surface area (Å²) in [5.41, 5.74) is 8.65. The van der Waals surface area contributed by atoms with E-state index >= 15 is 0 Å². The lowest BCUT2D eigenvalue weighted by Crippen LogP contribution is -2.34. The van der Waals surface area contributed by atoms with Gasteiger partial charge in [0, 0.05) is 25.2 Å². The van der Waals surface area contributed by atoms with E-state index in [-0.39, 0.29) is 35.0 Å². The second-order valence-corrected chi connectivity index (χ2v) is 26.0. The van der Waals surface area contributed by atoms with E-state index < -0.39 is 0 Å². The lowest BCUT2D eigenvalue weighted by molar-refractivity contribution is -0.151. The highest BCUT2D eigenvalue weighted by Gasteiger charge is 2.37. The van der Waals surface area contributed by atoms with Gasteiger partial charge in [-0.05, 0) is 89.7 Å². The van der Waals surface area contributed by atoms with Crippen molar-refractivity contribution in [1.82, 2.24) is 0 Å². The van der Waals surface area contributed by atoms with E-state index in [1.54, 1.807) is 0 Å². The first-order chi connectivity index (χ1) is 38.5. The van der Waals surface area contributed by atoms with Crippen LogP contribution in [0.4, 0.5) is 0 Å². The molecule has 0 aromatic carbocycles. The molecule has 0 amide bonds. The summed E-state index contributed by atoms with van der Waals surface area (Å²) < 4.78 is 12.1. The molecule has 3 unspecified atom stereocenters. The number of hydrogen-bond acceptors (Lipinski definition) is 4. The van der Waals surface area contributed by atoms with Gasteiger partial charge in [0.25, 0.3) is 0 Å². The van der Waals surface area contributed by atoms with Crippen LogP contribution in [0, 0.1) is 16.7 Å². The van der Waals surface area contributed by atoms with Crippen molar-refractivity contribution in [3.05, 3.63) is 130 Å². The van der Waals surface area contributed by atoms with Gasteiger partial charge in [-0.2, -0.15) is 0 Å². The molecule has 4 heteroatoms. The highest BCUT2D eigenvalue weighted by atomic mass is 16.5. The third-order valence-corrected chi connectivity index (χ3v) is 16.8. The molecule has 0 heterocycles. The van der Waals surface area contributed by atoms with Crippen molar-refractivity contribution in [2.75, 3.05) is 0 Å². The SMILES string of the molecule is CCCCCCCCCCCCCCCCCC(=O)OC1C=C(C)C(/C=C/C(C)=C/C=C/C(C)=C/C=C/C=C(C)/C=C/C=C(C)/C=C/C2=C(C)CC(OC(=O)CCCCCCCCCCCCCCCCC)CC2(C)C)C(C)(C)C1. The highest BCUT2D eigenvalue weighted by Crippen LogP contribution is 2.44. The van der Waals surface area contributed by atoms with Crippen LogP contribution >= 0.6 is 0 Å². The van der Waals surface area contributed by atoms with Gasteiger partial charge in [-0.15, -0.1) is 0 Å². The van der Waals surface area contributed by atoms with E-state index in [2.05, 4.69) is 174 Å². The average molecular weight is 1100 g/mol. The van der Waals surface area contributed by atoms with Crippen LogP contribution in [0.15, 0.2) is 130 Å². The van der Waals surface area contributed by atoms with E-state index in [4.69, 9.17) is 9.47 Å². The zero-order valence-corrected chi connectivity index (χ0v) is 54.3. The fourth-order valence-corrected chi connectivity index (χ4v) is 12.0. The first-order valence-electron chi connectivity index (χ1n) is 33.3. The van der Waals surface area contributed by atoms with Crippen LogP contribution < -0.4 is 0 Å². The molecule has 0 aliphatic heterocycles. The quantitative estimate of drug-likeness (QED) is 0.0264. The molecular formula is C76H124O4. The number of rotatable bonds is 44. The minimum atomic E-state index is -0.144. The predicted molar refractivity (Wildman–Crippen MR) is 351 cm³/mol. The molecule has 0 saturated heterocycles. The largest absolute Gasteiger partial charge is 0.462 e. The van der Waals surface area contributed by atoms with Crippen LogP contribution in [0.25, 0.3) is 0 Å². The molecule has 0 spiro atoms. The molecular weight excluding hydrogens is 977 g/mol. The molecule has 0 aromatic heterocycles. The third kappa shape index (κ3) is 35.8. The summed E-state index contributed by atoms with van der Waals surface area (Å²) in [7, 11) is 0. The zero-order chi connectivity index (χ0) is 58.7. The highest BCUT2D eigenvalue weighted by molar-refractivity contribution is 5.70. The molecule has 80 heavy (non-hydrogen) atoms. The van der Waals surface area contributed by atoms with Gasteiger partial charge in [-0.25, -0.2) is 0 Å². The Hall–Kier alpha value is -3.92. The molecule has 2 aliphatic carbocycles. The van der Waals surface area contributed by atoms with Crippen LogP contribution in [-0.2, 0) is 19.1 Å². The third-order valence-electron chi connectivity index (χ3n) is 16.8. The lowest BCUT2D eigenvalue weighted by Gasteiger charge is -2.40. The molecule has 3 atom stereocenters. The van der Waals surface area contributed by atoms with E-state index in [0.29, 0.717) is 18.8 Å². The Balaban J connectivity index is 1.69. The lowest BCUT2D eigenvalue weighted by atomic mass is 9.67. The fourth-order valence-electron chi connectivity index (χ4n) is 12.0. The van der Waals surface area contributed by atoms with Crippen LogP contribution in [0.3, 0.4) is 0 Å². The monoisotopic (exact) mass is 1100 g/mol. The van der Waals surface area contributed by atoms with Crippen molar-refractivity contribution < 1.29 is 19.1 Å². The maximum atomic E-state index is 12.8. The maximum Gasteiger partial charge on any atom is 0.306 e. The first kappa shape index (κ1) is 72.2. The van der Waals surface area contributed by atoms with Gasteiger partial charge in [0.05, 0.1) is 0 Å². The maximum absolute atomic E-state index is 12.8. The molecule has 0 bridgehead atoms. The van der Waals surface area contributed by atoms with Gasteiger partial charge >= 0.3 is 11.9 Å². The van der Waals surface area contributed by atoms with E-state index in [9.17, 15) is 9.59 Å². The van der Waals surface area contributed by atoms with Crippen LogP contribution in [0.2, 0.25) is 0 Å². The van der Waals surface area contributed by atoms with E-state index in [1.807, 2.05) is 0 Å². The summed E-state index contributed by atoms with van der Waals surface area (Å²) in [6.45, 7) is 26.7. The Morgan fingerprint density at radius 1 is 0.475 bits per heavy atom. The summed E-state index contributed by atoms with van der Waals surface area (Å²) in [6, 6.07) is 0. The minimum absolute atomic E-state index is 0.00631. The number of ether oxygens (including phenoxy) is 2. The van der Waals surface area contributed by atoms with Crippen LogP contribution in [-0.4, -0.2) is 24.1 Å². The number of esters is 2. The summed E-state index contributed by atoms with van der Waals surface area (Å²) in [6.07, 6.45) is 75.7. The fraction of sp³-hybridized carbons (Fsp3) is 0.684. The van der Waals surface area contributed by atoms with E-state index in [0.717, 1.165) is 44.9 Å². The Bertz CT molecular complexity index is 2050. The van der Waals surface area contributed by atoms with Gasteiger partial charge in [0.2, 0.25) is 0 Å². The summed E-state index contributed by atoms with van der Waals surface area (Å²) in [5.74, 6) is 0.227. The number of unbranched alkanes of at least 4 members (excludes halogenated alkanes) is 28. The van der Waals surface area contributed by atoms with Gasteiger partial charge in [-0.1, -0.05) is 340 Å². The second-order valence-electron chi connectivity index (χ2n) is 26.0. The molecule has 0 saturated carbocycles. The van der Waals surface area contributed by atoms with Crippen molar-refractivity contribution in [1.29, 1.82) is 0 Å². The van der Waals surface area contributed by atoms with Crippen LogP contribution in [0.5, 0.6) is 0 Å². The average Bonchev–Trinajstić information content (AvgIpc) is 3.40. The molecule has 0 radical (unpaired) electrons. The Labute approximate surface area is 495 Å². The summed E-state index contributed by atoms with van der Waals surface area (Å²) in [4.78, 5) is 25.6. The number of carbonyl (C=O) groups excluding carboxylic acids is 2. The molecule has 0 fully saturated rings. The molecule has 2 aliphatic rings. The Morgan fingerprint density at radius 3 is 1.24 bits per heavy atom. The van der Waals surface area contributed by atoms with Crippen LogP contribution in [0.1, 0.15) is 308 Å². The van der Waals surface area contributed by atoms with Gasteiger partial charge < -0.3 is 9.47 Å². The first-order valence-corrected chi connectivity index (χ1v) is 33.3.